The van der Waals surface area contributed by atoms with Gasteiger partial charge in [-0.3, -0.25) is 14.2 Å². The van der Waals surface area contributed by atoms with Gasteiger partial charge in [-0.2, -0.15) is 10.2 Å². The van der Waals surface area contributed by atoms with E-state index in [1.807, 2.05) is 69.5 Å². The van der Waals surface area contributed by atoms with E-state index in [1.54, 1.807) is 28.8 Å². The van der Waals surface area contributed by atoms with Gasteiger partial charge in [0.05, 0.1) is 36.1 Å². The lowest BCUT2D eigenvalue weighted by molar-refractivity contribution is 0.0786. The molecule has 1 aliphatic rings. The first kappa shape index (κ1) is 29.1. The van der Waals surface area contributed by atoms with Crippen LogP contribution in [0, 0.1) is 0 Å². The zero-order chi connectivity index (χ0) is 31.0. The summed E-state index contributed by atoms with van der Waals surface area (Å²) in [7, 11) is 11.3. The monoisotopic (exact) mass is 591 g/mol. The van der Waals surface area contributed by atoms with Crippen molar-refractivity contribution in [3.63, 3.8) is 0 Å². The number of benzene rings is 2. The summed E-state index contributed by atoms with van der Waals surface area (Å²) in [4.78, 5) is 26.4. The van der Waals surface area contributed by atoms with Gasteiger partial charge in [0.25, 0.3) is 5.91 Å². The number of nitrogens with one attached hydrogen (secondary N) is 1. The van der Waals surface area contributed by atoms with Crippen molar-refractivity contribution in [2.24, 2.45) is 14.1 Å². The van der Waals surface area contributed by atoms with Crippen molar-refractivity contribution in [1.29, 1.82) is 0 Å². The largest absolute Gasteiger partial charge is 0.495 e. The quantitative estimate of drug-likeness (QED) is 0.268. The Labute approximate surface area is 257 Å². The molecule has 11 heteroatoms. The zero-order valence-corrected chi connectivity index (χ0v) is 26.0. The maximum atomic E-state index is 13.0. The topological polar surface area (TPSA) is 106 Å². The first-order chi connectivity index (χ1) is 21.2. The standard InChI is InChI=1S/C33H37N9O2/c1-39(2)15-16-40(3)32(43)23-11-13-26(28(17-23)44-6)36-33-34-18-24-12-14-27-29(30(24)37-33)31(42(5)38-27)22-9-7-21(8-10-22)25-19-35-41(4)20-25/h7-11,13,17-20H,12,14-16H2,1-6H3,(H,34,36,37). The van der Waals surface area contributed by atoms with Crippen LogP contribution >= 0.6 is 0 Å². The number of nitrogens with zero attached hydrogens (tertiary/aromatic N) is 8. The number of carbonyl (C=O) groups excluding carboxylic acids is 1. The minimum Gasteiger partial charge on any atom is -0.495 e. The molecular formula is C33H37N9O2. The van der Waals surface area contributed by atoms with Gasteiger partial charge in [-0.1, -0.05) is 24.3 Å². The lowest BCUT2D eigenvalue weighted by Crippen LogP contribution is -2.33. The minimum absolute atomic E-state index is 0.0631. The van der Waals surface area contributed by atoms with Crippen molar-refractivity contribution in [3.05, 3.63) is 77.9 Å². The third-order valence-corrected chi connectivity index (χ3v) is 7.97. The smallest absolute Gasteiger partial charge is 0.253 e. The molecule has 11 nitrogen and oxygen atoms in total. The van der Waals surface area contributed by atoms with Crippen molar-refractivity contribution in [3.8, 4) is 39.4 Å². The van der Waals surface area contributed by atoms with Gasteiger partial charge in [0.2, 0.25) is 5.95 Å². The van der Waals surface area contributed by atoms with Crippen LogP contribution in [0.15, 0.2) is 61.1 Å². The second kappa shape index (κ2) is 11.9. The van der Waals surface area contributed by atoms with Crippen molar-refractivity contribution >= 4 is 17.5 Å². The van der Waals surface area contributed by atoms with Crippen molar-refractivity contribution in [2.75, 3.05) is 46.7 Å². The molecule has 0 unspecified atom stereocenters. The van der Waals surface area contributed by atoms with Crippen molar-refractivity contribution < 1.29 is 9.53 Å². The molecule has 3 heterocycles. The van der Waals surface area contributed by atoms with Gasteiger partial charge in [-0.05, 0) is 56.3 Å². The third kappa shape index (κ3) is 5.66. The van der Waals surface area contributed by atoms with Gasteiger partial charge >= 0.3 is 0 Å². The maximum Gasteiger partial charge on any atom is 0.253 e. The second-order valence-electron chi connectivity index (χ2n) is 11.4. The highest BCUT2D eigenvalue weighted by Gasteiger charge is 2.27. The molecule has 5 aromatic rings. The highest BCUT2D eigenvalue weighted by molar-refractivity contribution is 5.95. The van der Waals surface area contributed by atoms with E-state index in [1.165, 1.54) is 0 Å². The number of hydrogen-bond donors (Lipinski definition) is 1. The Balaban J connectivity index is 1.29. The van der Waals surface area contributed by atoms with Crippen LogP contribution in [0.5, 0.6) is 5.75 Å². The van der Waals surface area contributed by atoms with Crippen LogP contribution in [0.25, 0.3) is 33.6 Å². The zero-order valence-electron chi connectivity index (χ0n) is 26.0. The van der Waals surface area contributed by atoms with Gasteiger partial charge in [-0.25, -0.2) is 9.97 Å². The fourth-order valence-electron chi connectivity index (χ4n) is 5.56. The van der Waals surface area contributed by atoms with Crippen LogP contribution in [0.4, 0.5) is 11.6 Å². The molecular weight excluding hydrogens is 554 g/mol. The van der Waals surface area contributed by atoms with E-state index in [-0.39, 0.29) is 5.91 Å². The molecule has 226 valence electrons. The Morgan fingerprint density at radius 2 is 1.75 bits per heavy atom. The van der Waals surface area contributed by atoms with Gasteiger partial charge in [-0.15, -0.1) is 0 Å². The number of carbonyl (C=O) groups is 1. The molecule has 3 aromatic heterocycles. The van der Waals surface area contributed by atoms with Crippen LogP contribution in [0.2, 0.25) is 0 Å². The summed E-state index contributed by atoms with van der Waals surface area (Å²) in [6.45, 7) is 1.41. The van der Waals surface area contributed by atoms with Crippen LogP contribution in [0.3, 0.4) is 0 Å². The fraction of sp³-hybridized carbons (Fsp3) is 0.303. The Bertz CT molecular complexity index is 1820. The number of rotatable bonds is 9. The number of methoxy groups -OCH3 is 1. The minimum atomic E-state index is -0.0631. The highest BCUT2D eigenvalue weighted by Crippen LogP contribution is 2.40. The number of amides is 1. The Kier molecular flexibility index (Phi) is 7.88. The second-order valence-corrected chi connectivity index (χ2v) is 11.4. The van der Waals surface area contributed by atoms with Crippen LogP contribution in [0.1, 0.15) is 21.6 Å². The molecule has 6 rings (SSSR count). The van der Waals surface area contributed by atoms with E-state index >= 15 is 0 Å². The van der Waals surface area contributed by atoms with E-state index in [9.17, 15) is 4.79 Å². The van der Waals surface area contributed by atoms with Gasteiger partial charge < -0.3 is 19.9 Å². The van der Waals surface area contributed by atoms with E-state index < -0.39 is 0 Å². The average Bonchev–Trinajstić information content (AvgIpc) is 3.62. The molecule has 0 saturated heterocycles. The molecule has 0 aliphatic heterocycles. The average molecular weight is 592 g/mol. The summed E-state index contributed by atoms with van der Waals surface area (Å²) in [5.41, 5.74) is 9.49. The summed E-state index contributed by atoms with van der Waals surface area (Å²) in [5.74, 6) is 0.917. The molecule has 0 spiro atoms. The summed E-state index contributed by atoms with van der Waals surface area (Å²) in [6.07, 6.45) is 7.41. The number of ether oxygens (including phenoxy) is 1. The predicted octanol–water partition coefficient (Wildman–Crippen LogP) is 4.43. The Hall–Kier alpha value is -5.03. The SMILES string of the molecule is COc1cc(C(=O)N(C)CCN(C)C)ccc1Nc1ncc2c(n1)-c1c(nn(C)c1-c1ccc(-c3cnn(C)c3)cc1)CC2. The normalized spacial score (nSPS) is 12.2. The number of aromatic nitrogens is 6. The molecule has 0 atom stereocenters. The Morgan fingerprint density at radius 1 is 0.977 bits per heavy atom. The lowest BCUT2D eigenvalue weighted by atomic mass is 9.91. The van der Waals surface area contributed by atoms with Crippen LogP contribution < -0.4 is 10.1 Å². The molecule has 0 radical (unpaired) electrons. The molecule has 1 amide bonds. The molecule has 44 heavy (non-hydrogen) atoms. The van der Waals surface area contributed by atoms with Crippen molar-refractivity contribution in [1.82, 2.24) is 39.3 Å². The number of fused-ring (bicyclic) bond motifs is 3. The van der Waals surface area contributed by atoms with Gasteiger partial charge in [0, 0.05) is 68.9 Å². The molecule has 1 aliphatic carbocycles. The first-order valence-corrected chi connectivity index (χ1v) is 14.6. The van der Waals surface area contributed by atoms with Crippen LogP contribution in [-0.4, -0.2) is 86.6 Å². The number of likely N-dealkylation sites (N-methyl/N-ethyl adjacent to an activating group) is 2. The first-order valence-electron chi connectivity index (χ1n) is 14.6. The third-order valence-electron chi connectivity index (χ3n) is 7.97. The van der Waals surface area contributed by atoms with E-state index in [0.29, 0.717) is 29.5 Å². The van der Waals surface area contributed by atoms with Gasteiger partial charge in [0.1, 0.15) is 5.75 Å². The molecule has 0 fully saturated rings. The molecule has 0 bridgehead atoms. The fourth-order valence-corrected chi connectivity index (χ4v) is 5.56. The molecule has 2 aromatic carbocycles. The van der Waals surface area contributed by atoms with Crippen molar-refractivity contribution in [2.45, 2.75) is 12.8 Å². The number of anilines is 2. The molecule has 1 N–H and O–H groups in total. The summed E-state index contributed by atoms with van der Waals surface area (Å²) in [5, 5.41) is 12.5. The van der Waals surface area contributed by atoms with E-state index in [0.717, 1.165) is 64.3 Å². The number of hydrogen-bond acceptors (Lipinski definition) is 8. The maximum absolute atomic E-state index is 13.0. The van der Waals surface area contributed by atoms with Gasteiger partial charge in [0.15, 0.2) is 0 Å². The lowest BCUT2D eigenvalue weighted by Gasteiger charge is -2.20. The summed E-state index contributed by atoms with van der Waals surface area (Å²) in [6, 6.07) is 13.9. The van der Waals surface area contributed by atoms with Crippen LogP contribution in [-0.2, 0) is 26.9 Å². The number of aryl methyl sites for hydroxylation is 4. The summed E-state index contributed by atoms with van der Waals surface area (Å²) >= 11 is 0. The highest BCUT2D eigenvalue weighted by atomic mass is 16.5. The predicted molar refractivity (Wildman–Crippen MR) is 171 cm³/mol. The van der Waals surface area contributed by atoms with E-state index in [4.69, 9.17) is 14.8 Å². The van der Waals surface area contributed by atoms with E-state index in [2.05, 4.69) is 39.7 Å². The Morgan fingerprint density at radius 3 is 2.45 bits per heavy atom. The summed E-state index contributed by atoms with van der Waals surface area (Å²) < 4.78 is 9.41. The molecule has 0 saturated carbocycles.